The average Bonchev–Trinajstić information content (AvgIpc) is 3.06. The molecule has 1 saturated carbocycles. The van der Waals surface area contributed by atoms with Crippen molar-refractivity contribution >= 4 is 23.2 Å². The van der Waals surface area contributed by atoms with Gasteiger partial charge in [0.15, 0.2) is 10.7 Å². The van der Waals surface area contributed by atoms with Crippen LogP contribution < -0.4 is 0 Å². The van der Waals surface area contributed by atoms with Gasteiger partial charge in [-0.3, -0.25) is 4.79 Å². The van der Waals surface area contributed by atoms with E-state index in [-0.39, 0.29) is 11.6 Å². The van der Waals surface area contributed by atoms with Crippen molar-refractivity contribution in [3.8, 4) is 0 Å². The number of hydrogen-bond donors (Lipinski definition) is 1. The van der Waals surface area contributed by atoms with Crippen molar-refractivity contribution in [2.45, 2.75) is 38.1 Å². The number of carboxylic acids is 1. The lowest BCUT2D eigenvalue weighted by Crippen LogP contribution is -2.46. The second-order valence-electron chi connectivity index (χ2n) is 5.24. The summed E-state index contributed by atoms with van der Waals surface area (Å²) in [6, 6.07) is 0.346. The standard InChI is InChI=1S/C13H16N2O3S/c16-12(11-14-9(7-19-11)13(17)18)15-6-2-4-8-3-1-5-10(8)15/h7-8,10H,1-6H2,(H,17,18). The molecule has 0 spiro atoms. The summed E-state index contributed by atoms with van der Waals surface area (Å²) in [4.78, 5) is 29.1. The molecular weight excluding hydrogens is 264 g/mol. The van der Waals surface area contributed by atoms with Crippen LogP contribution in [0.5, 0.6) is 0 Å². The van der Waals surface area contributed by atoms with Crippen LogP contribution in [0.2, 0.25) is 0 Å². The number of hydrogen-bond acceptors (Lipinski definition) is 4. The van der Waals surface area contributed by atoms with Gasteiger partial charge in [0.1, 0.15) is 0 Å². The van der Waals surface area contributed by atoms with E-state index in [2.05, 4.69) is 4.98 Å². The lowest BCUT2D eigenvalue weighted by molar-refractivity contribution is 0.0548. The maximum atomic E-state index is 12.5. The number of aromatic carboxylic acids is 1. The summed E-state index contributed by atoms with van der Waals surface area (Å²) < 4.78 is 0. The molecule has 2 aliphatic rings. The van der Waals surface area contributed by atoms with Crippen molar-refractivity contribution in [2.75, 3.05) is 6.54 Å². The number of carbonyl (C=O) groups is 2. The van der Waals surface area contributed by atoms with Crippen molar-refractivity contribution in [1.29, 1.82) is 0 Å². The highest BCUT2D eigenvalue weighted by Gasteiger charge is 2.38. The third kappa shape index (κ3) is 2.25. The fourth-order valence-corrected chi connectivity index (χ4v) is 4.05. The number of aromatic nitrogens is 1. The largest absolute Gasteiger partial charge is 0.476 e. The van der Waals surface area contributed by atoms with Gasteiger partial charge in [-0.2, -0.15) is 0 Å². The number of carbonyl (C=O) groups excluding carboxylic acids is 1. The van der Waals surface area contributed by atoms with E-state index in [1.54, 1.807) is 0 Å². The van der Waals surface area contributed by atoms with Crippen molar-refractivity contribution in [2.24, 2.45) is 5.92 Å². The number of fused-ring (bicyclic) bond motifs is 1. The Morgan fingerprint density at radius 2 is 2.11 bits per heavy atom. The minimum Gasteiger partial charge on any atom is -0.476 e. The third-order valence-corrected chi connectivity index (χ3v) is 4.99. The summed E-state index contributed by atoms with van der Waals surface area (Å²) in [5.74, 6) is -0.529. The van der Waals surface area contributed by atoms with Gasteiger partial charge in [0.25, 0.3) is 5.91 Å². The number of piperidine rings is 1. The molecule has 2 fully saturated rings. The summed E-state index contributed by atoms with van der Waals surface area (Å²) in [5.41, 5.74) is -0.0340. The predicted octanol–water partition coefficient (Wildman–Crippen LogP) is 2.25. The van der Waals surface area contributed by atoms with E-state index in [0.717, 1.165) is 30.7 Å². The highest BCUT2D eigenvalue weighted by molar-refractivity contribution is 7.11. The van der Waals surface area contributed by atoms with Crippen LogP contribution in [0.15, 0.2) is 5.38 Å². The zero-order chi connectivity index (χ0) is 13.4. The van der Waals surface area contributed by atoms with E-state index >= 15 is 0 Å². The average molecular weight is 280 g/mol. The highest BCUT2D eigenvalue weighted by atomic mass is 32.1. The Labute approximate surface area is 115 Å². The first kappa shape index (κ1) is 12.6. The van der Waals surface area contributed by atoms with Crippen LogP contribution in [0.3, 0.4) is 0 Å². The van der Waals surface area contributed by atoms with E-state index in [1.165, 1.54) is 24.6 Å². The molecule has 6 heteroatoms. The van der Waals surface area contributed by atoms with Crippen LogP contribution in [0.4, 0.5) is 0 Å². The van der Waals surface area contributed by atoms with E-state index < -0.39 is 5.97 Å². The lowest BCUT2D eigenvalue weighted by atomic mass is 9.92. The molecule has 1 amide bonds. The topological polar surface area (TPSA) is 70.5 Å². The summed E-state index contributed by atoms with van der Waals surface area (Å²) >= 11 is 1.13. The van der Waals surface area contributed by atoms with Crippen LogP contribution in [-0.2, 0) is 0 Å². The zero-order valence-electron chi connectivity index (χ0n) is 10.5. The fraction of sp³-hybridized carbons (Fsp3) is 0.615. The van der Waals surface area contributed by atoms with Gasteiger partial charge < -0.3 is 10.0 Å². The Kier molecular flexibility index (Phi) is 3.26. The maximum absolute atomic E-state index is 12.5. The molecule has 5 nitrogen and oxygen atoms in total. The van der Waals surface area contributed by atoms with Gasteiger partial charge in [-0.1, -0.05) is 6.42 Å². The first-order chi connectivity index (χ1) is 9.16. The Balaban J connectivity index is 1.80. The molecule has 102 valence electrons. The molecule has 2 unspecified atom stereocenters. The maximum Gasteiger partial charge on any atom is 0.355 e. The lowest BCUT2D eigenvalue weighted by Gasteiger charge is -2.37. The second-order valence-corrected chi connectivity index (χ2v) is 6.10. The van der Waals surface area contributed by atoms with E-state index in [4.69, 9.17) is 5.11 Å². The Morgan fingerprint density at radius 3 is 2.84 bits per heavy atom. The number of carboxylic acid groups (broad SMARTS) is 1. The van der Waals surface area contributed by atoms with Crippen LogP contribution in [0.25, 0.3) is 0 Å². The molecule has 1 aliphatic carbocycles. The molecule has 0 radical (unpaired) electrons. The molecule has 1 aromatic heterocycles. The number of nitrogens with zero attached hydrogens (tertiary/aromatic N) is 2. The predicted molar refractivity (Wildman–Crippen MR) is 70.5 cm³/mol. The van der Waals surface area contributed by atoms with E-state index in [9.17, 15) is 9.59 Å². The van der Waals surface area contributed by atoms with Crippen molar-refractivity contribution in [3.05, 3.63) is 16.1 Å². The number of likely N-dealkylation sites (tertiary alicyclic amines) is 1. The number of rotatable bonds is 2. The van der Waals surface area contributed by atoms with Gasteiger partial charge in [-0.15, -0.1) is 11.3 Å². The van der Waals surface area contributed by atoms with Gasteiger partial charge >= 0.3 is 5.97 Å². The third-order valence-electron chi connectivity index (χ3n) is 4.16. The molecule has 3 rings (SSSR count). The fourth-order valence-electron chi connectivity index (χ4n) is 3.30. The summed E-state index contributed by atoms with van der Waals surface area (Å²) in [6.45, 7) is 0.780. The van der Waals surface area contributed by atoms with E-state index in [0.29, 0.717) is 17.0 Å². The Hall–Kier alpha value is -1.43. The number of thiazole rings is 1. The Morgan fingerprint density at radius 1 is 1.32 bits per heavy atom. The van der Waals surface area contributed by atoms with Crippen LogP contribution >= 0.6 is 11.3 Å². The van der Waals surface area contributed by atoms with Crippen molar-refractivity contribution in [3.63, 3.8) is 0 Å². The minimum absolute atomic E-state index is 0.0340. The van der Waals surface area contributed by atoms with Crippen LogP contribution in [-0.4, -0.2) is 39.5 Å². The smallest absolute Gasteiger partial charge is 0.355 e. The van der Waals surface area contributed by atoms with Crippen LogP contribution in [0, 0.1) is 5.92 Å². The minimum atomic E-state index is -1.08. The van der Waals surface area contributed by atoms with Gasteiger partial charge in [-0.05, 0) is 31.6 Å². The van der Waals surface area contributed by atoms with E-state index in [1.807, 2.05) is 4.90 Å². The second kappa shape index (κ2) is 4.92. The normalized spacial score (nSPS) is 26.2. The SMILES string of the molecule is O=C(O)c1csc(C(=O)N2CCCC3CCCC32)n1. The molecule has 2 atom stereocenters. The molecule has 1 aliphatic heterocycles. The Bertz CT molecular complexity index is 514. The molecule has 1 saturated heterocycles. The van der Waals surface area contributed by atoms with Crippen LogP contribution in [0.1, 0.15) is 52.4 Å². The molecule has 1 N–H and O–H groups in total. The molecule has 2 heterocycles. The molecule has 0 bridgehead atoms. The quantitative estimate of drug-likeness (QED) is 0.902. The molecular formula is C13H16N2O3S. The van der Waals surface area contributed by atoms with Crippen molar-refractivity contribution < 1.29 is 14.7 Å². The molecule has 19 heavy (non-hydrogen) atoms. The monoisotopic (exact) mass is 280 g/mol. The summed E-state index contributed by atoms with van der Waals surface area (Å²) in [6.07, 6.45) is 5.74. The first-order valence-corrected chi connectivity index (χ1v) is 7.54. The summed E-state index contributed by atoms with van der Waals surface area (Å²) in [7, 11) is 0. The van der Waals surface area contributed by atoms with Gasteiger partial charge in [0.2, 0.25) is 0 Å². The van der Waals surface area contributed by atoms with Crippen molar-refractivity contribution in [1.82, 2.24) is 9.88 Å². The zero-order valence-corrected chi connectivity index (χ0v) is 11.4. The molecule has 0 aromatic carbocycles. The van der Waals surface area contributed by atoms with Gasteiger partial charge in [0, 0.05) is 18.0 Å². The highest BCUT2D eigenvalue weighted by Crippen LogP contribution is 2.37. The molecule has 1 aromatic rings. The van der Waals surface area contributed by atoms with Gasteiger partial charge in [-0.25, -0.2) is 9.78 Å². The summed E-state index contributed by atoms with van der Waals surface area (Å²) in [5, 5.41) is 10.6. The van der Waals surface area contributed by atoms with Gasteiger partial charge in [0.05, 0.1) is 0 Å². The first-order valence-electron chi connectivity index (χ1n) is 6.66. The number of amides is 1.